The van der Waals surface area contributed by atoms with Crippen LogP contribution in [0.25, 0.3) is 0 Å². The lowest BCUT2D eigenvalue weighted by Gasteiger charge is -2.32. The molecule has 1 aliphatic heterocycles. The largest absolute Gasteiger partial charge is 0.352 e. The van der Waals surface area contributed by atoms with E-state index in [0.717, 1.165) is 32.5 Å². The van der Waals surface area contributed by atoms with Crippen LogP contribution in [-0.4, -0.2) is 43.0 Å². The summed E-state index contributed by atoms with van der Waals surface area (Å²) in [6.45, 7) is 7.85. The maximum absolute atomic E-state index is 11.9. The first-order valence-electron chi connectivity index (χ1n) is 6.44. The van der Waals surface area contributed by atoms with Crippen molar-refractivity contribution in [2.45, 2.75) is 39.2 Å². The van der Waals surface area contributed by atoms with Gasteiger partial charge in [-0.05, 0) is 32.4 Å². The lowest BCUT2D eigenvalue weighted by molar-refractivity contribution is -0.125. The van der Waals surface area contributed by atoms with Gasteiger partial charge in [0.25, 0.3) is 0 Å². The Morgan fingerprint density at radius 1 is 1.56 bits per heavy atom. The SMILES string of the molecule is CCC(CN)C(=O)NC1CCCN(CC)C1. The average Bonchev–Trinajstić information content (AvgIpc) is 2.31. The van der Waals surface area contributed by atoms with Gasteiger partial charge < -0.3 is 16.0 Å². The summed E-state index contributed by atoms with van der Waals surface area (Å²) >= 11 is 0. The van der Waals surface area contributed by atoms with E-state index in [-0.39, 0.29) is 11.8 Å². The summed E-state index contributed by atoms with van der Waals surface area (Å²) in [5, 5.41) is 3.12. The van der Waals surface area contributed by atoms with Crippen molar-refractivity contribution in [3.05, 3.63) is 0 Å². The lowest BCUT2D eigenvalue weighted by Crippen LogP contribution is -2.49. The molecule has 1 heterocycles. The van der Waals surface area contributed by atoms with E-state index in [4.69, 9.17) is 5.73 Å². The quantitative estimate of drug-likeness (QED) is 0.722. The Morgan fingerprint density at radius 3 is 2.88 bits per heavy atom. The molecule has 1 rings (SSSR count). The molecule has 2 unspecified atom stereocenters. The highest BCUT2D eigenvalue weighted by Gasteiger charge is 2.22. The second kappa shape index (κ2) is 6.86. The van der Waals surface area contributed by atoms with Crippen LogP contribution in [0.15, 0.2) is 0 Å². The van der Waals surface area contributed by atoms with Crippen LogP contribution in [0.5, 0.6) is 0 Å². The van der Waals surface area contributed by atoms with Gasteiger partial charge in [0.1, 0.15) is 0 Å². The molecule has 0 aromatic heterocycles. The smallest absolute Gasteiger partial charge is 0.224 e. The fourth-order valence-corrected chi connectivity index (χ4v) is 2.24. The number of amides is 1. The van der Waals surface area contributed by atoms with Gasteiger partial charge in [0, 0.05) is 25.0 Å². The Labute approximate surface area is 98.6 Å². The van der Waals surface area contributed by atoms with Crippen molar-refractivity contribution in [2.75, 3.05) is 26.2 Å². The number of nitrogens with two attached hydrogens (primary N) is 1. The number of likely N-dealkylation sites (N-methyl/N-ethyl adjacent to an activating group) is 1. The van der Waals surface area contributed by atoms with Crippen LogP contribution < -0.4 is 11.1 Å². The summed E-state index contributed by atoms with van der Waals surface area (Å²) in [7, 11) is 0. The molecule has 0 spiro atoms. The van der Waals surface area contributed by atoms with Crippen LogP contribution >= 0.6 is 0 Å². The van der Waals surface area contributed by atoms with Crippen LogP contribution in [0.1, 0.15) is 33.1 Å². The molecule has 2 atom stereocenters. The molecule has 0 bridgehead atoms. The van der Waals surface area contributed by atoms with Crippen molar-refractivity contribution in [1.29, 1.82) is 0 Å². The zero-order valence-electron chi connectivity index (χ0n) is 10.5. The number of hydrogen-bond donors (Lipinski definition) is 2. The van der Waals surface area contributed by atoms with E-state index in [1.54, 1.807) is 0 Å². The van der Waals surface area contributed by atoms with Crippen LogP contribution in [-0.2, 0) is 4.79 Å². The number of likely N-dealkylation sites (tertiary alicyclic amines) is 1. The minimum atomic E-state index is -0.0167. The lowest BCUT2D eigenvalue weighted by atomic mass is 10.0. The minimum absolute atomic E-state index is 0.0167. The maximum Gasteiger partial charge on any atom is 0.224 e. The topological polar surface area (TPSA) is 58.4 Å². The van der Waals surface area contributed by atoms with Gasteiger partial charge in [-0.3, -0.25) is 4.79 Å². The summed E-state index contributed by atoms with van der Waals surface area (Å²) in [5.74, 6) is 0.116. The van der Waals surface area contributed by atoms with Gasteiger partial charge in [0.2, 0.25) is 5.91 Å². The zero-order valence-corrected chi connectivity index (χ0v) is 10.5. The van der Waals surface area contributed by atoms with Crippen LogP contribution in [0.2, 0.25) is 0 Å². The Kier molecular flexibility index (Phi) is 5.77. The van der Waals surface area contributed by atoms with E-state index in [1.807, 2.05) is 6.92 Å². The number of piperidine rings is 1. The van der Waals surface area contributed by atoms with Crippen molar-refractivity contribution in [2.24, 2.45) is 11.7 Å². The van der Waals surface area contributed by atoms with E-state index in [1.165, 1.54) is 6.42 Å². The van der Waals surface area contributed by atoms with Gasteiger partial charge in [-0.25, -0.2) is 0 Å². The molecule has 1 amide bonds. The predicted molar refractivity (Wildman–Crippen MR) is 66.1 cm³/mol. The number of nitrogens with one attached hydrogen (secondary N) is 1. The molecule has 1 aliphatic rings. The molecule has 0 aromatic rings. The normalized spacial score (nSPS) is 24.1. The van der Waals surface area contributed by atoms with Crippen molar-refractivity contribution < 1.29 is 4.79 Å². The van der Waals surface area contributed by atoms with Gasteiger partial charge in [0.15, 0.2) is 0 Å². The second-order valence-corrected chi connectivity index (χ2v) is 4.58. The molecule has 94 valence electrons. The van der Waals surface area contributed by atoms with Crippen LogP contribution in [0, 0.1) is 5.92 Å². The monoisotopic (exact) mass is 227 g/mol. The number of hydrogen-bond acceptors (Lipinski definition) is 3. The summed E-state index contributed by atoms with van der Waals surface area (Å²) in [4.78, 5) is 14.2. The van der Waals surface area contributed by atoms with Crippen molar-refractivity contribution >= 4 is 5.91 Å². The second-order valence-electron chi connectivity index (χ2n) is 4.58. The number of carbonyl (C=O) groups excluding carboxylic acids is 1. The highest BCUT2D eigenvalue weighted by molar-refractivity contribution is 5.79. The van der Waals surface area contributed by atoms with E-state index in [9.17, 15) is 4.79 Å². The van der Waals surface area contributed by atoms with Gasteiger partial charge in [-0.2, -0.15) is 0 Å². The molecule has 4 nitrogen and oxygen atoms in total. The molecule has 16 heavy (non-hydrogen) atoms. The van der Waals surface area contributed by atoms with E-state index in [0.29, 0.717) is 12.6 Å². The van der Waals surface area contributed by atoms with Gasteiger partial charge >= 0.3 is 0 Å². The fraction of sp³-hybridized carbons (Fsp3) is 0.917. The first-order valence-corrected chi connectivity index (χ1v) is 6.44. The minimum Gasteiger partial charge on any atom is -0.352 e. The Balaban J connectivity index is 2.38. The number of carbonyl (C=O) groups is 1. The number of rotatable bonds is 5. The summed E-state index contributed by atoms with van der Waals surface area (Å²) in [6.07, 6.45) is 3.11. The molecule has 3 N–H and O–H groups in total. The van der Waals surface area contributed by atoms with Gasteiger partial charge in [-0.15, -0.1) is 0 Å². The third-order valence-corrected chi connectivity index (χ3v) is 3.45. The van der Waals surface area contributed by atoms with E-state index in [2.05, 4.69) is 17.1 Å². The van der Waals surface area contributed by atoms with E-state index < -0.39 is 0 Å². The first-order chi connectivity index (χ1) is 7.71. The standard InChI is InChI=1S/C12H25N3O/c1-3-10(8-13)12(16)14-11-6-5-7-15(4-2)9-11/h10-11H,3-9,13H2,1-2H3,(H,14,16). The molecule has 1 fully saturated rings. The third-order valence-electron chi connectivity index (χ3n) is 3.45. The molecule has 1 saturated heterocycles. The molecule has 0 aliphatic carbocycles. The van der Waals surface area contributed by atoms with Crippen molar-refractivity contribution in [1.82, 2.24) is 10.2 Å². The average molecular weight is 227 g/mol. The highest BCUT2D eigenvalue weighted by atomic mass is 16.2. The fourth-order valence-electron chi connectivity index (χ4n) is 2.24. The summed E-state index contributed by atoms with van der Waals surface area (Å²) in [5.41, 5.74) is 5.57. The molecule has 0 saturated carbocycles. The number of nitrogens with zero attached hydrogens (tertiary/aromatic N) is 1. The van der Waals surface area contributed by atoms with Gasteiger partial charge in [-0.1, -0.05) is 13.8 Å². The van der Waals surface area contributed by atoms with Crippen LogP contribution in [0.4, 0.5) is 0 Å². The predicted octanol–water partition coefficient (Wildman–Crippen LogP) is 0.572. The van der Waals surface area contributed by atoms with Crippen molar-refractivity contribution in [3.8, 4) is 0 Å². The Bertz CT molecular complexity index is 216. The zero-order chi connectivity index (χ0) is 12.0. The molecular weight excluding hydrogens is 202 g/mol. The van der Waals surface area contributed by atoms with Crippen LogP contribution in [0.3, 0.4) is 0 Å². The molecule has 4 heteroatoms. The third kappa shape index (κ3) is 3.76. The Morgan fingerprint density at radius 2 is 2.31 bits per heavy atom. The first kappa shape index (κ1) is 13.5. The van der Waals surface area contributed by atoms with E-state index >= 15 is 0 Å². The molecule has 0 radical (unpaired) electrons. The molecule has 0 aromatic carbocycles. The van der Waals surface area contributed by atoms with Gasteiger partial charge in [0.05, 0.1) is 0 Å². The molecular formula is C12H25N3O. The van der Waals surface area contributed by atoms with Crippen molar-refractivity contribution in [3.63, 3.8) is 0 Å². The highest BCUT2D eigenvalue weighted by Crippen LogP contribution is 2.10. The summed E-state index contributed by atoms with van der Waals surface area (Å²) < 4.78 is 0. The summed E-state index contributed by atoms with van der Waals surface area (Å²) in [6, 6.07) is 0.321. The maximum atomic E-state index is 11.9. The Hall–Kier alpha value is -0.610.